The van der Waals surface area contributed by atoms with E-state index in [2.05, 4.69) is 10.3 Å². The minimum absolute atomic E-state index is 0.0171. The van der Waals surface area contributed by atoms with Crippen LogP contribution in [0.25, 0.3) is 10.2 Å². The Hall–Kier alpha value is -1.99. The number of hydrogen-bond donors (Lipinski definition) is 1. The van der Waals surface area contributed by atoms with Crippen molar-refractivity contribution in [1.29, 1.82) is 0 Å². The van der Waals surface area contributed by atoms with Gasteiger partial charge in [0.05, 0.1) is 30.0 Å². The zero-order valence-corrected chi connectivity index (χ0v) is 13.6. The van der Waals surface area contributed by atoms with E-state index in [1.807, 2.05) is 24.3 Å². The first-order chi connectivity index (χ1) is 11.2. The normalized spacial score (nSPS) is 14.9. The van der Waals surface area contributed by atoms with Gasteiger partial charge >= 0.3 is 0 Å². The summed E-state index contributed by atoms with van der Waals surface area (Å²) in [5.41, 5.74) is 0.948. The largest absolute Gasteiger partial charge is 0.378 e. The third-order valence-electron chi connectivity index (χ3n) is 3.70. The summed E-state index contributed by atoms with van der Waals surface area (Å²) in [6.45, 7) is 2.80. The first-order valence-corrected chi connectivity index (χ1v) is 8.51. The molecule has 1 aromatic carbocycles. The van der Waals surface area contributed by atoms with Crippen LogP contribution < -0.4 is 5.32 Å². The molecule has 23 heavy (non-hydrogen) atoms. The lowest BCUT2D eigenvalue weighted by Gasteiger charge is -2.26. The van der Waals surface area contributed by atoms with Crippen molar-refractivity contribution in [3.05, 3.63) is 29.3 Å². The molecule has 0 bridgehead atoms. The molecular weight excluding hydrogens is 314 g/mol. The van der Waals surface area contributed by atoms with Crippen LogP contribution in [0, 0.1) is 0 Å². The third-order valence-corrected chi connectivity index (χ3v) is 4.74. The number of benzene rings is 1. The molecule has 7 heteroatoms. The fraction of sp³-hybridized carbons (Fsp3) is 0.438. The maximum atomic E-state index is 12.0. The molecule has 122 valence electrons. The number of fused-ring (bicyclic) bond motifs is 1. The van der Waals surface area contributed by atoms with E-state index >= 15 is 0 Å². The van der Waals surface area contributed by atoms with Gasteiger partial charge in [0.2, 0.25) is 11.8 Å². The van der Waals surface area contributed by atoms with Crippen molar-refractivity contribution in [2.24, 2.45) is 0 Å². The standard InChI is InChI=1S/C16H19N3O3S/c20-14(5-6-16(21)19-7-9-22-10-8-19)17-11-15-18-12-3-1-2-4-13(12)23-15/h1-4H,5-11H2,(H,17,20). The zero-order chi connectivity index (χ0) is 16.1. The average molecular weight is 333 g/mol. The van der Waals surface area contributed by atoms with Crippen molar-refractivity contribution in [3.8, 4) is 0 Å². The Labute approximate surface area is 138 Å². The maximum Gasteiger partial charge on any atom is 0.223 e. The number of carbonyl (C=O) groups excluding carboxylic acids is 2. The highest BCUT2D eigenvalue weighted by atomic mass is 32.1. The summed E-state index contributed by atoms with van der Waals surface area (Å²) in [5.74, 6) is -0.102. The number of nitrogens with one attached hydrogen (secondary N) is 1. The highest BCUT2D eigenvalue weighted by Gasteiger charge is 2.17. The second-order valence-electron chi connectivity index (χ2n) is 5.35. The maximum absolute atomic E-state index is 12.0. The lowest BCUT2D eigenvalue weighted by molar-refractivity contribution is -0.137. The van der Waals surface area contributed by atoms with Crippen LogP contribution in [0.4, 0.5) is 0 Å². The van der Waals surface area contributed by atoms with E-state index in [4.69, 9.17) is 4.74 Å². The Kier molecular flexibility index (Phi) is 5.19. The molecule has 2 heterocycles. The lowest BCUT2D eigenvalue weighted by Crippen LogP contribution is -2.41. The molecule has 0 atom stereocenters. The minimum atomic E-state index is -0.120. The van der Waals surface area contributed by atoms with E-state index in [0.29, 0.717) is 32.8 Å². The lowest BCUT2D eigenvalue weighted by atomic mass is 10.2. The summed E-state index contributed by atoms with van der Waals surface area (Å²) < 4.78 is 6.32. The molecule has 2 aromatic rings. The van der Waals surface area contributed by atoms with Gasteiger partial charge in [-0.15, -0.1) is 11.3 Å². The minimum Gasteiger partial charge on any atom is -0.378 e. The number of para-hydroxylation sites is 1. The molecule has 0 saturated carbocycles. The summed E-state index contributed by atoms with van der Waals surface area (Å²) in [5, 5.41) is 3.71. The predicted molar refractivity (Wildman–Crippen MR) is 88.1 cm³/mol. The first-order valence-electron chi connectivity index (χ1n) is 7.69. The molecule has 1 aromatic heterocycles. The first kappa shape index (κ1) is 15.9. The van der Waals surface area contributed by atoms with Crippen molar-refractivity contribution < 1.29 is 14.3 Å². The Bertz CT molecular complexity index is 662. The summed E-state index contributed by atoms with van der Waals surface area (Å²) in [7, 11) is 0. The fourth-order valence-electron chi connectivity index (χ4n) is 2.45. The van der Waals surface area contributed by atoms with Crippen molar-refractivity contribution in [2.75, 3.05) is 26.3 Å². The van der Waals surface area contributed by atoms with Crippen molar-refractivity contribution in [2.45, 2.75) is 19.4 Å². The molecular formula is C16H19N3O3S. The van der Waals surface area contributed by atoms with Crippen molar-refractivity contribution in [1.82, 2.24) is 15.2 Å². The van der Waals surface area contributed by atoms with Gasteiger partial charge in [-0.3, -0.25) is 9.59 Å². The molecule has 3 rings (SSSR count). The highest BCUT2D eigenvalue weighted by molar-refractivity contribution is 7.18. The highest BCUT2D eigenvalue weighted by Crippen LogP contribution is 2.21. The van der Waals surface area contributed by atoms with Crippen LogP contribution in [0.5, 0.6) is 0 Å². The number of thiazole rings is 1. The Morgan fingerprint density at radius 3 is 2.78 bits per heavy atom. The molecule has 0 aliphatic carbocycles. The quantitative estimate of drug-likeness (QED) is 0.901. The number of aromatic nitrogens is 1. The summed E-state index contributed by atoms with van der Waals surface area (Å²) in [4.78, 5) is 30.1. The van der Waals surface area contributed by atoms with E-state index in [9.17, 15) is 9.59 Å². The Morgan fingerprint density at radius 2 is 2.00 bits per heavy atom. The molecule has 1 aliphatic rings. The molecule has 2 amide bonds. The van der Waals surface area contributed by atoms with Crippen LogP contribution in [-0.4, -0.2) is 48.0 Å². The van der Waals surface area contributed by atoms with E-state index < -0.39 is 0 Å². The molecule has 1 fully saturated rings. The molecule has 1 aliphatic heterocycles. The number of hydrogen-bond acceptors (Lipinski definition) is 5. The number of nitrogens with zero attached hydrogens (tertiary/aromatic N) is 2. The third kappa shape index (κ3) is 4.27. The molecule has 6 nitrogen and oxygen atoms in total. The monoisotopic (exact) mass is 333 g/mol. The van der Waals surface area contributed by atoms with Crippen LogP contribution >= 0.6 is 11.3 Å². The summed E-state index contributed by atoms with van der Waals surface area (Å²) in [6, 6.07) is 7.89. The van der Waals surface area contributed by atoms with E-state index in [1.54, 1.807) is 16.2 Å². The molecule has 1 saturated heterocycles. The molecule has 0 radical (unpaired) electrons. The van der Waals surface area contributed by atoms with Gasteiger partial charge in [0, 0.05) is 25.9 Å². The van der Waals surface area contributed by atoms with Crippen LogP contribution in [0.3, 0.4) is 0 Å². The smallest absolute Gasteiger partial charge is 0.223 e. The number of ether oxygens (including phenoxy) is 1. The number of morpholine rings is 1. The average Bonchev–Trinajstić information content (AvgIpc) is 3.01. The molecule has 0 unspecified atom stereocenters. The van der Waals surface area contributed by atoms with Gasteiger partial charge in [-0.2, -0.15) is 0 Å². The van der Waals surface area contributed by atoms with E-state index in [1.165, 1.54) is 0 Å². The second-order valence-corrected chi connectivity index (χ2v) is 6.46. The molecule has 1 N–H and O–H groups in total. The number of carbonyl (C=O) groups is 2. The van der Waals surface area contributed by atoms with Gasteiger partial charge in [-0.05, 0) is 12.1 Å². The van der Waals surface area contributed by atoms with Gasteiger partial charge in [0.15, 0.2) is 0 Å². The van der Waals surface area contributed by atoms with Crippen molar-refractivity contribution >= 4 is 33.4 Å². The number of amides is 2. The Morgan fingerprint density at radius 1 is 1.22 bits per heavy atom. The van der Waals surface area contributed by atoms with Gasteiger partial charge < -0.3 is 15.0 Å². The van der Waals surface area contributed by atoms with Crippen LogP contribution in [0.15, 0.2) is 24.3 Å². The molecule has 0 spiro atoms. The van der Waals surface area contributed by atoms with Gasteiger partial charge in [0.25, 0.3) is 0 Å². The van der Waals surface area contributed by atoms with Gasteiger partial charge in [-0.25, -0.2) is 4.98 Å². The van der Waals surface area contributed by atoms with Crippen LogP contribution in [-0.2, 0) is 20.9 Å². The van der Waals surface area contributed by atoms with E-state index in [-0.39, 0.29) is 24.7 Å². The summed E-state index contributed by atoms with van der Waals surface area (Å²) in [6.07, 6.45) is 0.451. The van der Waals surface area contributed by atoms with E-state index in [0.717, 1.165) is 15.2 Å². The fourth-order valence-corrected chi connectivity index (χ4v) is 3.36. The SMILES string of the molecule is O=C(CCC(=O)N1CCOCC1)NCc1nc2ccccc2s1. The van der Waals surface area contributed by atoms with Crippen molar-refractivity contribution in [3.63, 3.8) is 0 Å². The zero-order valence-electron chi connectivity index (χ0n) is 12.8. The van der Waals surface area contributed by atoms with Gasteiger partial charge in [0.1, 0.15) is 5.01 Å². The number of rotatable bonds is 5. The topological polar surface area (TPSA) is 71.5 Å². The van der Waals surface area contributed by atoms with Crippen LogP contribution in [0.2, 0.25) is 0 Å². The predicted octanol–water partition coefficient (Wildman–Crippen LogP) is 1.55. The summed E-state index contributed by atoms with van der Waals surface area (Å²) >= 11 is 1.57. The second kappa shape index (κ2) is 7.52. The van der Waals surface area contributed by atoms with Crippen LogP contribution in [0.1, 0.15) is 17.8 Å². The Balaban J connectivity index is 1.43. The van der Waals surface area contributed by atoms with Gasteiger partial charge in [-0.1, -0.05) is 12.1 Å².